The maximum Gasteiger partial charge on any atom is 0.126 e. The molecular weight excluding hydrogens is 297 g/mol. The number of nitrogens with one attached hydrogen (secondary N) is 2. The van der Waals surface area contributed by atoms with E-state index in [1.807, 2.05) is 6.07 Å². The second-order valence-electron chi connectivity index (χ2n) is 6.32. The third-order valence-corrected chi connectivity index (χ3v) is 5.69. The number of rotatable bonds is 3. The van der Waals surface area contributed by atoms with Crippen LogP contribution in [0.1, 0.15) is 38.3 Å². The van der Waals surface area contributed by atoms with Crippen molar-refractivity contribution < 1.29 is 4.39 Å². The van der Waals surface area contributed by atoms with Gasteiger partial charge in [-0.25, -0.2) is 4.39 Å². The highest BCUT2D eigenvalue weighted by molar-refractivity contribution is 8.14. The van der Waals surface area contributed by atoms with Crippen molar-refractivity contribution in [2.24, 2.45) is 4.99 Å². The normalized spacial score (nSPS) is 22.5. The zero-order valence-electron chi connectivity index (χ0n) is 12.7. The minimum absolute atomic E-state index is 0.187. The number of H-pyrrole nitrogens is 1. The molecule has 3 nitrogen and oxygen atoms in total. The van der Waals surface area contributed by atoms with Crippen molar-refractivity contribution in [1.82, 2.24) is 4.98 Å². The lowest BCUT2D eigenvalue weighted by Gasteiger charge is -2.14. The molecule has 1 aliphatic carbocycles. The van der Waals surface area contributed by atoms with Crippen molar-refractivity contribution in [2.45, 2.75) is 44.7 Å². The van der Waals surface area contributed by atoms with Crippen LogP contribution in [0.15, 0.2) is 23.2 Å². The molecule has 2 N–H and O–H groups in total. The average molecular weight is 317 g/mol. The largest absolute Gasteiger partial charge is 0.381 e. The third kappa shape index (κ3) is 2.62. The van der Waals surface area contributed by atoms with Gasteiger partial charge in [0.2, 0.25) is 0 Å². The Morgan fingerprint density at radius 1 is 1.27 bits per heavy atom. The summed E-state index contributed by atoms with van der Waals surface area (Å²) in [7, 11) is 0. The van der Waals surface area contributed by atoms with E-state index in [-0.39, 0.29) is 5.82 Å². The Morgan fingerprint density at radius 2 is 2.09 bits per heavy atom. The Hall–Kier alpha value is -1.49. The number of anilines is 1. The van der Waals surface area contributed by atoms with E-state index in [0.717, 1.165) is 33.1 Å². The van der Waals surface area contributed by atoms with Gasteiger partial charge in [0.1, 0.15) is 10.9 Å². The van der Waals surface area contributed by atoms with Crippen molar-refractivity contribution >= 4 is 33.4 Å². The van der Waals surface area contributed by atoms with Gasteiger partial charge in [-0.1, -0.05) is 12.8 Å². The van der Waals surface area contributed by atoms with Gasteiger partial charge in [-0.15, -0.1) is 11.8 Å². The maximum absolute atomic E-state index is 13.9. The Balaban J connectivity index is 1.72. The minimum atomic E-state index is -0.187. The third-order valence-electron chi connectivity index (χ3n) is 4.44. The fourth-order valence-electron chi connectivity index (χ4n) is 3.35. The second-order valence-corrected chi connectivity index (χ2v) is 7.33. The number of halogens is 1. The fraction of sp³-hybridized carbons (Fsp3) is 0.471. The van der Waals surface area contributed by atoms with Crippen molar-refractivity contribution in [2.75, 3.05) is 11.1 Å². The Kier molecular flexibility index (Phi) is 3.60. The van der Waals surface area contributed by atoms with E-state index in [1.165, 1.54) is 25.7 Å². The molecule has 4 rings (SSSR count). The Labute approximate surface area is 133 Å². The molecule has 0 spiro atoms. The second kappa shape index (κ2) is 5.61. The highest BCUT2D eigenvalue weighted by Crippen LogP contribution is 2.31. The van der Waals surface area contributed by atoms with Gasteiger partial charge >= 0.3 is 0 Å². The molecule has 22 heavy (non-hydrogen) atoms. The fourth-order valence-corrected chi connectivity index (χ4v) is 4.34. The van der Waals surface area contributed by atoms with E-state index < -0.39 is 0 Å². The number of hydrogen-bond donors (Lipinski definition) is 2. The topological polar surface area (TPSA) is 40.2 Å². The molecule has 1 aromatic heterocycles. The lowest BCUT2D eigenvalue weighted by atomic mass is 10.2. The number of aromatic amines is 1. The van der Waals surface area contributed by atoms with Gasteiger partial charge in [-0.05, 0) is 38.0 Å². The smallest absolute Gasteiger partial charge is 0.126 e. The van der Waals surface area contributed by atoms with Gasteiger partial charge in [0.25, 0.3) is 0 Å². The number of nitrogens with zero attached hydrogens (tertiary/aromatic N) is 1. The lowest BCUT2D eigenvalue weighted by molar-refractivity contribution is 0.629. The first kappa shape index (κ1) is 14.1. The quantitative estimate of drug-likeness (QED) is 0.872. The highest BCUT2D eigenvalue weighted by atomic mass is 32.2. The Bertz CT molecular complexity index is 731. The van der Waals surface area contributed by atoms with E-state index in [9.17, 15) is 4.39 Å². The number of hydrogen-bond acceptors (Lipinski definition) is 3. The van der Waals surface area contributed by atoms with Crippen LogP contribution in [-0.2, 0) is 0 Å². The SMILES string of the molecule is CC1CSC(c2cc3cc(F)cc(NC4CCCC4)c3[nH]2)=N1. The zero-order valence-corrected chi connectivity index (χ0v) is 13.5. The summed E-state index contributed by atoms with van der Waals surface area (Å²) in [5, 5.41) is 5.47. The van der Waals surface area contributed by atoms with Gasteiger partial charge in [-0.2, -0.15) is 0 Å². The molecule has 0 radical (unpaired) electrons. The summed E-state index contributed by atoms with van der Waals surface area (Å²) in [6.45, 7) is 2.12. The van der Waals surface area contributed by atoms with E-state index in [0.29, 0.717) is 12.1 Å². The van der Waals surface area contributed by atoms with Gasteiger partial charge in [-0.3, -0.25) is 4.99 Å². The van der Waals surface area contributed by atoms with Gasteiger partial charge in [0, 0.05) is 17.2 Å². The molecule has 1 saturated carbocycles. The van der Waals surface area contributed by atoms with Crippen molar-refractivity contribution in [1.29, 1.82) is 0 Å². The molecule has 5 heteroatoms. The molecule has 0 amide bonds. The molecular formula is C17H20FN3S. The van der Waals surface area contributed by atoms with Crippen LogP contribution in [0.5, 0.6) is 0 Å². The van der Waals surface area contributed by atoms with Crippen LogP contribution in [-0.4, -0.2) is 27.9 Å². The molecule has 116 valence electrons. The maximum atomic E-state index is 13.9. The molecule has 1 unspecified atom stereocenters. The zero-order chi connectivity index (χ0) is 15.1. The number of benzene rings is 1. The minimum Gasteiger partial charge on any atom is -0.381 e. The highest BCUT2D eigenvalue weighted by Gasteiger charge is 2.20. The van der Waals surface area contributed by atoms with Crippen molar-refractivity contribution in [3.05, 3.63) is 29.7 Å². The van der Waals surface area contributed by atoms with E-state index in [2.05, 4.69) is 22.2 Å². The van der Waals surface area contributed by atoms with Gasteiger partial charge in [0.05, 0.1) is 22.9 Å². The molecule has 0 saturated heterocycles. The standard InChI is InChI=1S/C17H20FN3S/c1-10-9-22-17(19-10)15-7-11-6-12(18)8-14(16(11)21-15)20-13-4-2-3-5-13/h6-8,10,13,20-21H,2-5,9H2,1H3. The number of thioether (sulfide) groups is 1. The summed E-state index contributed by atoms with van der Waals surface area (Å²) >= 11 is 1.77. The van der Waals surface area contributed by atoms with Crippen LogP contribution in [0.2, 0.25) is 0 Å². The molecule has 1 aromatic carbocycles. The van der Waals surface area contributed by atoms with Crippen LogP contribution in [0, 0.1) is 5.82 Å². The summed E-state index contributed by atoms with van der Waals surface area (Å²) in [5.74, 6) is 0.833. The first-order valence-electron chi connectivity index (χ1n) is 7.99. The number of aromatic nitrogens is 1. The van der Waals surface area contributed by atoms with Crippen molar-refractivity contribution in [3.8, 4) is 0 Å². The average Bonchev–Trinajstić information content (AvgIpc) is 3.18. The summed E-state index contributed by atoms with van der Waals surface area (Å²) in [5.41, 5.74) is 2.88. The van der Waals surface area contributed by atoms with E-state index in [4.69, 9.17) is 0 Å². The summed E-state index contributed by atoms with van der Waals surface area (Å²) in [6.07, 6.45) is 4.87. The molecule has 2 aromatic rings. The number of fused-ring (bicyclic) bond motifs is 1. The summed E-state index contributed by atoms with van der Waals surface area (Å²) in [4.78, 5) is 8.09. The number of aliphatic imine (C=N–C) groups is 1. The van der Waals surface area contributed by atoms with Crippen molar-refractivity contribution in [3.63, 3.8) is 0 Å². The van der Waals surface area contributed by atoms with Crippen LogP contribution >= 0.6 is 11.8 Å². The monoisotopic (exact) mass is 317 g/mol. The van der Waals surface area contributed by atoms with Gasteiger partial charge in [0.15, 0.2) is 0 Å². The van der Waals surface area contributed by atoms with Crippen LogP contribution < -0.4 is 5.32 Å². The molecule has 0 bridgehead atoms. The van der Waals surface area contributed by atoms with Gasteiger partial charge < -0.3 is 10.3 Å². The predicted molar refractivity (Wildman–Crippen MR) is 92.6 cm³/mol. The first-order chi connectivity index (χ1) is 10.7. The predicted octanol–water partition coefficient (Wildman–Crippen LogP) is 4.54. The molecule has 2 heterocycles. The molecule has 1 fully saturated rings. The molecule has 2 aliphatic rings. The first-order valence-corrected chi connectivity index (χ1v) is 8.97. The van der Waals surface area contributed by atoms with E-state index in [1.54, 1.807) is 23.9 Å². The Morgan fingerprint density at radius 3 is 2.82 bits per heavy atom. The van der Waals surface area contributed by atoms with E-state index >= 15 is 0 Å². The lowest BCUT2D eigenvalue weighted by Crippen LogP contribution is -2.14. The summed E-state index contributed by atoms with van der Waals surface area (Å²) in [6, 6.07) is 6.04. The van der Waals surface area contributed by atoms with Crippen LogP contribution in [0.3, 0.4) is 0 Å². The molecule has 1 atom stereocenters. The van der Waals surface area contributed by atoms with Crippen LogP contribution in [0.4, 0.5) is 10.1 Å². The molecule has 1 aliphatic heterocycles. The summed E-state index contributed by atoms with van der Waals surface area (Å²) < 4.78 is 13.9. The van der Waals surface area contributed by atoms with Crippen LogP contribution in [0.25, 0.3) is 10.9 Å².